The molecule has 7 nitrogen and oxygen atoms in total. The molecule has 2 N–H and O–H groups in total. The Kier molecular flexibility index (Phi) is 5.33. The highest BCUT2D eigenvalue weighted by Gasteiger charge is 2.30. The largest absolute Gasteiger partial charge is 0.489 e. The van der Waals surface area contributed by atoms with E-state index in [1.54, 1.807) is 30.2 Å². The van der Waals surface area contributed by atoms with Crippen LogP contribution in [-0.4, -0.2) is 68.0 Å². The molecule has 1 aromatic carbocycles. The molecule has 0 unspecified atom stereocenters. The van der Waals surface area contributed by atoms with Gasteiger partial charge in [0.1, 0.15) is 18.2 Å². The molecule has 2 heterocycles. The smallest absolute Gasteiger partial charge is 0.324 e. The van der Waals surface area contributed by atoms with Crippen LogP contribution in [0.25, 0.3) is 0 Å². The van der Waals surface area contributed by atoms with Crippen LogP contribution in [0.3, 0.4) is 0 Å². The molecule has 0 aliphatic carbocycles. The van der Waals surface area contributed by atoms with Crippen LogP contribution in [0.4, 0.5) is 10.5 Å². The highest BCUT2D eigenvalue weighted by molar-refractivity contribution is 6.30. The molecular formula is C17H22ClN5O2. The second-order valence-electron chi connectivity index (χ2n) is 5.81. The number of hydrogen-bond donors (Lipinski definition) is 1. The Bertz CT molecular complexity index is 698. The van der Waals surface area contributed by atoms with E-state index >= 15 is 0 Å². The van der Waals surface area contributed by atoms with Crippen molar-refractivity contribution >= 4 is 29.2 Å². The number of urea groups is 1. The van der Waals surface area contributed by atoms with E-state index in [1.807, 2.05) is 11.0 Å². The number of nitrogens with zero attached hydrogens (tertiary/aromatic N) is 4. The second kappa shape index (κ2) is 7.65. The van der Waals surface area contributed by atoms with Crippen molar-refractivity contribution in [3.8, 4) is 5.75 Å². The Morgan fingerprint density at radius 3 is 2.64 bits per heavy atom. The van der Waals surface area contributed by atoms with Crippen molar-refractivity contribution in [3.63, 3.8) is 0 Å². The van der Waals surface area contributed by atoms with Crippen molar-refractivity contribution in [2.45, 2.75) is 0 Å². The maximum absolute atomic E-state index is 13.0. The molecule has 0 spiro atoms. The summed E-state index contributed by atoms with van der Waals surface area (Å²) in [6, 6.07) is 5.35. The summed E-state index contributed by atoms with van der Waals surface area (Å²) >= 11 is 6.01. The summed E-state index contributed by atoms with van der Waals surface area (Å²) in [6.45, 7) is 3.71. The number of aliphatic imine (C=N–C) groups is 1. The van der Waals surface area contributed by atoms with E-state index in [0.717, 1.165) is 24.6 Å². The molecule has 1 fully saturated rings. The first kappa shape index (κ1) is 17.4. The number of piperazine rings is 1. The minimum absolute atomic E-state index is 0.00382. The lowest BCUT2D eigenvalue weighted by molar-refractivity contribution is 0.172. The van der Waals surface area contributed by atoms with E-state index in [1.165, 1.54) is 6.20 Å². The van der Waals surface area contributed by atoms with Crippen molar-refractivity contribution in [2.75, 3.05) is 51.3 Å². The van der Waals surface area contributed by atoms with E-state index < -0.39 is 0 Å². The molecule has 2 aliphatic heterocycles. The zero-order chi connectivity index (χ0) is 17.8. The number of carbonyl (C=O) groups excluding carboxylic acids is 1. The van der Waals surface area contributed by atoms with E-state index in [9.17, 15) is 4.79 Å². The number of benzene rings is 1. The van der Waals surface area contributed by atoms with Gasteiger partial charge in [0.25, 0.3) is 0 Å². The molecule has 0 radical (unpaired) electrons. The number of amides is 2. The first-order valence-electron chi connectivity index (χ1n) is 8.23. The average molecular weight is 364 g/mol. The fourth-order valence-electron chi connectivity index (χ4n) is 3.10. The van der Waals surface area contributed by atoms with Gasteiger partial charge in [-0.25, -0.2) is 4.79 Å². The van der Waals surface area contributed by atoms with Crippen LogP contribution in [-0.2, 0) is 0 Å². The van der Waals surface area contributed by atoms with Gasteiger partial charge in [-0.15, -0.1) is 0 Å². The fourth-order valence-corrected chi connectivity index (χ4v) is 3.26. The molecule has 0 saturated carbocycles. The minimum Gasteiger partial charge on any atom is -0.489 e. The third-order valence-electron chi connectivity index (χ3n) is 4.36. The number of halogens is 1. The monoisotopic (exact) mass is 363 g/mol. The predicted octanol–water partition coefficient (Wildman–Crippen LogP) is 1.78. The molecule has 1 saturated heterocycles. The summed E-state index contributed by atoms with van der Waals surface area (Å²) in [5.74, 6) is 1.49. The normalized spacial score (nSPS) is 18.3. The minimum atomic E-state index is -0.00382. The van der Waals surface area contributed by atoms with E-state index in [4.69, 9.17) is 22.1 Å². The van der Waals surface area contributed by atoms with Crippen LogP contribution in [0, 0.1) is 0 Å². The number of carbonyl (C=O) groups is 1. The quantitative estimate of drug-likeness (QED) is 0.609. The Morgan fingerprint density at radius 2 is 1.96 bits per heavy atom. The van der Waals surface area contributed by atoms with Crippen LogP contribution in [0.2, 0.25) is 5.02 Å². The summed E-state index contributed by atoms with van der Waals surface area (Å²) < 4.78 is 5.62. The second-order valence-corrected chi connectivity index (χ2v) is 6.25. The summed E-state index contributed by atoms with van der Waals surface area (Å²) in [6.07, 6.45) is 3.26. The van der Waals surface area contributed by atoms with Gasteiger partial charge < -0.3 is 20.3 Å². The Labute approximate surface area is 152 Å². The zero-order valence-corrected chi connectivity index (χ0v) is 14.9. The maximum atomic E-state index is 13.0. The molecule has 1 aromatic rings. The van der Waals surface area contributed by atoms with Gasteiger partial charge in [0.05, 0.1) is 12.2 Å². The molecule has 0 aromatic heterocycles. The van der Waals surface area contributed by atoms with Gasteiger partial charge >= 0.3 is 6.03 Å². The van der Waals surface area contributed by atoms with Crippen molar-refractivity contribution < 1.29 is 9.53 Å². The van der Waals surface area contributed by atoms with Crippen LogP contribution >= 0.6 is 11.6 Å². The first-order valence-corrected chi connectivity index (χ1v) is 8.60. The molecule has 8 heteroatoms. The van der Waals surface area contributed by atoms with Gasteiger partial charge in [0.15, 0.2) is 0 Å². The highest BCUT2D eigenvalue weighted by atomic mass is 35.5. The molecule has 0 bridgehead atoms. The number of fused-ring (bicyclic) bond motifs is 1. The number of rotatable bonds is 1. The Morgan fingerprint density at radius 1 is 1.24 bits per heavy atom. The molecule has 2 aliphatic rings. The van der Waals surface area contributed by atoms with Crippen molar-refractivity contribution in [2.24, 2.45) is 10.7 Å². The molecule has 2 amide bonds. The van der Waals surface area contributed by atoms with E-state index in [-0.39, 0.29) is 6.03 Å². The van der Waals surface area contributed by atoms with Gasteiger partial charge in [-0.1, -0.05) is 11.6 Å². The van der Waals surface area contributed by atoms with Gasteiger partial charge in [-0.2, -0.15) is 0 Å². The molecule has 3 rings (SSSR count). The third kappa shape index (κ3) is 3.66. The summed E-state index contributed by atoms with van der Waals surface area (Å²) in [4.78, 5) is 22.9. The van der Waals surface area contributed by atoms with Crippen LogP contribution in [0.15, 0.2) is 35.5 Å². The van der Waals surface area contributed by atoms with E-state index in [2.05, 4.69) is 9.89 Å². The Balaban J connectivity index is 1.68. The topological polar surface area (TPSA) is 74.4 Å². The maximum Gasteiger partial charge on any atom is 0.324 e. The van der Waals surface area contributed by atoms with Crippen LogP contribution in [0.1, 0.15) is 0 Å². The number of ether oxygens (including phenoxy) is 1. The van der Waals surface area contributed by atoms with Crippen molar-refractivity contribution in [1.82, 2.24) is 9.80 Å². The lowest BCUT2D eigenvalue weighted by Crippen LogP contribution is -2.55. The number of hydrogen-bond acceptors (Lipinski definition) is 4. The van der Waals surface area contributed by atoms with Gasteiger partial charge in [-0.3, -0.25) is 9.89 Å². The number of amidine groups is 1. The third-order valence-corrected chi connectivity index (χ3v) is 4.60. The number of anilines is 1. The van der Waals surface area contributed by atoms with Crippen LogP contribution in [0.5, 0.6) is 5.75 Å². The highest BCUT2D eigenvalue weighted by Crippen LogP contribution is 2.34. The Hall–Kier alpha value is -2.41. The molecular weight excluding hydrogens is 342 g/mol. The van der Waals surface area contributed by atoms with Gasteiger partial charge in [0.2, 0.25) is 0 Å². The molecule has 25 heavy (non-hydrogen) atoms. The standard InChI is InChI=1S/C17H22ClN5O2/c1-20-16(4-5-19)21-6-8-22(9-7-21)17(24)23-10-11-25-15-12-13(18)2-3-14(15)23/h2-5,12H,6-11,19H2,1H3. The summed E-state index contributed by atoms with van der Waals surface area (Å²) in [5, 5.41) is 0.598. The predicted molar refractivity (Wildman–Crippen MR) is 99.5 cm³/mol. The fraction of sp³-hybridized carbons (Fsp3) is 0.412. The summed E-state index contributed by atoms with van der Waals surface area (Å²) in [7, 11) is 1.74. The average Bonchev–Trinajstić information content (AvgIpc) is 2.65. The molecule has 0 atom stereocenters. The van der Waals surface area contributed by atoms with E-state index in [0.29, 0.717) is 37.0 Å². The zero-order valence-electron chi connectivity index (χ0n) is 14.2. The van der Waals surface area contributed by atoms with Gasteiger partial charge in [0, 0.05) is 44.3 Å². The lowest BCUT2D eigenvalue weighted by Gasteiger charge is -2.39. The lowest BCUT2D eigenvalue weighted by atomic mass is 10.2. The van der Waals surface area contributed by atoms with Crippen LogP contribution < -0.4 is 15.4 Å². The SMILES string of the molecule is CN=C(C=CN)N1CCN(C(=O)N2CCOc3cc(Cl)ccc32)CC1. The van der Waals surface area contributed by atoms with Crippen molar-refractivity contribution in [3.05, 3.63) is 35.5 Å². The number of nitrogens with two attached hydrogens (primary N) is 1. The van der Waals surface area contributed by atoms with Crippen molar-refractivity contribution in [1.29, 1.82) is 0 Å². The van der Waals surface area contributed by atoms with Gasteiger partial charge in [-0.05, 0) is 24.4 Å². The summed E-state index contributed by atoms with van der Waals surface area (Å²) in [5.41, 5.74) is 6.23. The first-order chi connectivity index (χ1) is 12.1. The molecule has 134 valence electrons.